The molecule has 7 heteroatoms. The summed E-state index contributed by atoms with van der Waals surface area (Å²) < 4.78 is 1.63. The Hall–Kier alpha value is -1.60. The zero-order chi connectivity index (χ0) is 15.4. The average Bonchev–Trinajstić information content (AvgIpc) is 2.80. The molecule has 21 heavy (non-hydrogen) atoms. The molecule has 2 aromatic heterocycles. The Kier molecular flexibility index (Phi) is 5.19. The molecule has 0 spiro atoms. The topological polar surface area (TPSA) is 75.6 Å². The van der Waals surface area contributed by atoms with E-state index in [1.165, 1.54) is 17.3 Å². The SMILES string of the molecule is CCNC(C)c1ccnc(Sc2n[nH]c(=O)n2C(C)C)c1. The van der Waals surface area contributed by atoms with E-state index in [1.54, 1.807) is 10.8 Å². The summed E-state index contributed by atoms with van der Waals surface area (Å²) in [6.45, 7) is 9.03. The third-order valence-corrected chi connectivity index (χ3v) is 4.06. The second kappa shape index (κ2) is 6.91. The Balaban J connectivity index is 2.24. The van der Waals surface area contributed by atoms with Crippen LogP contribution in [-0.2, 0) is 0 Å². The fourth-order valence-corrected chi connectivity index (χ4v) is 3.06. The molecule has 0 aliphatic heterocycles. The molecule has 0 fully saturated rings. The lowest BCUT2D eigenvalue weighted by molar-refractivity contribution is 0.534. The number of rotatable bonds is 6. The molecule has 2 heterocycles. The molecule has 0 saturated heterocycles. The molecule has 2 rings (SSSR count). The predicted octanol–water partition coefficient (Wildman–Crippen LogP) is 2.37. The van der Waals surface area contributed by atoms with Gasteiger partial charge in [0.05, 0.1) is 0 Å². The Morgan fingerprint density at radius 3 is 2.86 bits per heavy atom. The van der Waals surface area contributed by atoms with E-state index in [0.29, 0.717) is 5.16 Å². The van der Waals surface area contributed by atoms with Gasteiger partial charge in [0.15, 0.2) is 5.16 Å². The molecule has 0 aliphatic rings. The van der Waals surface area contributed by atoms with Gasteiger partial charge in [-0.15, -0.1) is 5.10 Å². The molecule has 0 saturated carbocycles. The van der Waals surface area contributed by atoms with Gasteiger partial charge in [0.25, 0.3) is 0 Å². The summed E-state index contributed by atoms with van der Waals surface area (Å²) >= 11 is 1.39. The van der Waals surface area contributed by atoms with Gasteiger partial charge in [0.2, 0.25) is 0 Å². The summed E-state index contributed by atoms with van der Waals surface area (Å²) in [7, 11) is 0. The molecule has 0 radical (unpaired) electrons. The largest absolute Gasteiger partial charge is 0.344 e. The van der Waals surface area contributed by atoms with Crippen LogP contribution >= 0.6 is 11.8 Å². The van der Waals surface area contributed by atoms with Crippen molar-refractivity contribution in [3.8, 4) is 0 Å². The summed E-state index contributed by atoms with van der Waals surface area (Å²) in [4.78, 5) is 16.1. The van der Waals surface area contributed by atoms with E-state index >= 15 is 0 Å². The lowest BCUT2D eigenvalue weighted by Gasteiger charge is -2.13. The predicted molar refractivity (Wildman–Crippen MR) is 83.7 cm³/mol. The van der Waals surface area contributed by atoms with E-state index in [-0.39, 0.29) is 17.8 Å². The van der Waals surface area contributed by atoms with E-state index in [9.17, 15) is 4.79 Å². The van der Waals surface area contributed by atoms with Gasteiger partial charge in [-0.3, -0.25) is 4.57 Å². The molecule has 0 aliphatic carbocycles. The minimum Gasteiger partial charge on any atom is -0.310 e. The molecule has 0 bridgehead atoms. The van der Waals surface area contributed by atoms with Crippen molar-refractivity contribution >= 4 is 11.8 Å². The highest BCUT2D eigenvalue weighted by atomic mass is 32.2. The molecule has 1 atom stereocenters. The van der Waals surface area contributed by atoms with E-state index in [1.807, 2.05) is 26.0 Å². The number of nitrogens with zero attached hydrogens (tertiary/aromatic N) is 3. The van der Waals surface area contributed by atoms with Gasteiger partial charge in [0, 0.05) is 18.3 Å². The first-order valence-corrected chi connectivity index (χ1v) is 7.88. The zero-order valence-electron chi connectivity index (χ0n) is 12.8. The van der Waals surface area contributed by atoms with E-state index in [0.717, 1.165) is 11.6 Å². The molecule has 2 aromatic rings. The first-order chi connectivity index (χ1) is 10.0. The van der Waals surface area contributed by atoms with Gasteiger partial charge in [-0.1, -0.05) is 6.92 Å². The fourth-order valence-electron chi connectivity index (χ4n) is 2.09. The molecule has 2 N–H and O–H groups in total. The number of nitrogens with one attached hydrogen (secondary N) is 2. The number of aromatic amines is 1. The summed E-state index contributed by atoms with van der Waals surface area (Å²) in [6, 6.07) is 4.35. The molecule has 114 valence electrons. The highest BCUT2D eigenvalue weighted by Crippen LogP contribution is 2.26. The minimum absolute atomic E-state index is 0.0580. The Labute approximate surface area is 128 Å². The smallest absolute Gasteiger partial charge is 0.310 e. The van der Waals surface area contributed by atoms with E-state index in [2.05, 4.69) is 34.3 Å². The monoisotopic (exact) mass is 307 g/mol. The van der Waals surface area contributed by atoms with Crippen LogP contribution in [0.2, 0.25) is 0 Å². The number of pyridine rings is 1. The first-order valence-electron chi connectivity index (χ1n) is 7.07. The number of aromatic nitrogens is 4. The maximum atomic E-state index is 11.7. The number of H-pyrrole nitrogens is 1. The highest BCUT2D eigenvalue weighted by molar-refractivity contribution is 7.99. The van der Waals surface area contributed by atoms with Crippen molar-refractivity contribution in [1.29, 1.82) is 0 Å². The standard InChI is InChI=1S/C14H21N5OS/c1-5-15-10(4)11-6-7-16-12(8-11)21-14-18-17-13(20)19(14)9(2)3/h6-10,15H,5H2,1-4H3,(H,17,20). The maximum Gasteiger partial charge on any atom is 0.344 e. The van der Waals surface area contributed by atoms with Crippen LogP contribution in [0.4, 0.5) is 0 Å². The Morgan fingerprint density at radius 1 is 1.43 bits per heavy atom. The van der Waals surface area contributed by atoms with Crippen molar-refractivity contribution in [1.82, 2.24) is 25.1 Å². The van der Waals surface area contributed by atoms with E-state index in [4.69, 9.17) is 0 Å². The zero-order valence-corrected chi connectivity index (χ0v) is 13.6. The third kappa shape index (κ3) is 3.74. The van der Waals surface area contributed by atoms with Crippen molar-refractivity contribution in [3.05, 3.63) is 34.4 Å². The summed E-state index contributed by atoms with van der Waals surface area (Å²) in [5, 5.41) is 11.4. The van der Waals surface area contributed by atoms with Crippen LogP contribution in [0.15, 0.2) is 33.3 Å². The van der Waals surface area contributed by atoms with Gasteiger partial charge < -0.3 is 5.32 Å². The fraction of sp³-hybridized carbons (Fsp3) is 0.500. The van der Waals surface area contributed by atoms with Gasteiger partial charge >= 0.3 is 5.69 Å². The van der Waals surface area contributed by atoms with Crippen molar-refractivity contribution in [3.63, 3.8) is 0 Å². The molecule has 1 unspecified atom stereocenters. The summed E-state index contributed by atoms with van der Waals surface area (Å²) in [6.07, 6.45) is 1.79. The van der Waals surface area contributed by atoms with Gasteiger partial charge in [-0.2, -0.15) is 0 Å². The minimum atomic E-state index is -0.190. The Morgan fingerprint density at radius 2 is 2.19 bits per heavy atom. The van der Waals surface area contributed by atoms with E-state index < -0.39 is 0 Å². The Bertz CT molecular complexity index is 649. The number of hydrogen-bond acceptors (Lipinski definition) is 5. The van der Waals surface area contributed by atoms with Gasteiger partial charge in [0.1, 0.15) is 5.03 Å². The van der Waals surface area contributed by atoms with Crippen LogP contribution in [0.5, 0.6) is 0 Å². The summed E-state index contributed by atoms with van der Waals surface area (Å²) in [5.74, 6) is 0. The van der Waals surface area contributed by atoms with Gasteiger partial charge in [-0.05, 0) is 56.8 Å². The van der Waals surface area contributed by atoms with Gasteiger partial charge in [-0.25, -0.2) is 14.9 Å². The lowest BCUT2D eigenvalue weighted by atomic mass is 10.1. The third-order valence-electron chi connectivity index (χ3n) is 3.15. The first kappa shape index (κ1) is 15.8. The molecular weight excluding hydrogens is 286 g/mol. The van der Waals surface area contributed by atoms with Crippen molar-refractivity contribution in [2.75, 3.05) is 6.54 Å². The lowest BCUT2D eigenvalue weighted by Crippen LogP contribution is -2.19. The van der Waals surface area contributed by atoms with Crippen molar-refractivity contribution in [2.24, 2.45) is 0 Å². The molecular formula is C14H21N5OS. The molecule has 0 aromatic carbocycles. The molecule has 6 nitrogen and oxygen atoms in total. The normalized spacial score (nSPS) is 12.8. The average molecular weight is 307 g/mol. The maximum absolute atomic E-state index is 11.7. The van der Waals surface area contributed by atoms with Crippen LogP contribution in [0, 0.1) is 0 Å². The van der Waals surface area contributed by atoms with Crippen LogP contribution in [0.3, 0.4) is 0 Å². The van der Waals surface area contributed by atoms with Crippen LogP contribution < -0.4 is 11.0 Å². The van der Waals surface area contributed by atoms with Crippen molar-refractivity contribution in [2.45, 2.75) is 50.0 Å². The summed E-state index contributed by atoms with van der Waals surface area (Å²) in [5.41, 5.74) is 0.980. The quantitative estimate of drug-likeness (QED) is 0.857. The van der Waals surface area contributed by atoms with Crippen LogP contribution in [-0.4, -0.2) is 26.3 Å². The van der Waals surface area contributed by atoms with Crippen LogP contribution in [0.25, 0.3) is 0 Å². The second-order valence-electron chi connectivity index (χ2n) is 5.08. The van der Waals surface area contributed by atoms with Crippen molar-refractivity contribution < 1.29 is 0 Å². The highest BCUT2D eigenvalue weighted by Gasteiger charge is 2.14. The second-order valence-corrected chi connectivity index (χ2v) is 6.07. The molecule has 0 amide bonds. The van der Waals surface area contributed by atoms with Crippen LogP contribution in [0.1, 0.15) is 45.3 Å². The number of hydrogen-bond donors (Lipinski definition) is 2.